The molecule has 0 unspecified atom stereocenters. The fraction of sp³-hybridized carbons (Fsp3) is 0.500. The third kappa shape index (κ3) is 2.78. The van der Waals surface area contributed by atoms with Gasteiger partial charge in [0.15, 0.2) is 0 Å². The van der Waals surface area contributed by atoms with Gasteiger partial charge in [0.05, 0.1) is 6.04 Å². The van der Waals surface area contributed by atoms with Crippen LogP contribution in [0.2, 0.25) is 0 Å². The van der Waals surface area contributed by atoms with E-state index < -0.39 is 5.54 Å². The second-order valence-corrected chi connectivity index (χ2v) is 6.28. The minimum Gasteiger partial charge on any atom is -0.373 e. The fourth-order valence-corrected chi connectivity index (χ4v) is 3.09. The summed E-state index contributed by atoms with van der Waals surface area (Å²) in [5.41, 5.74) is 0.363. The molecule has 1 fully saturated rings. The maximum Gasteiger partial charge on any atom is 0.250 e. The molecule has 0 saturated carbocycles. The van der Waals surface area contributed by atoms with Crippen LogP contribution in [0.1, 0.15) is 38.3 Å². The Morgan fingerprint density at radius 2 is 2.26 bits per heavy atom. The van der Waals surface area contributed by atoms with Gasteiger partial charge in [-0.1, -0.05) is 0 Å². The Morgan fingerprint density at radius 1 is 1.43 bits per heavy atom. The molecule has 3 heterocycles. The van der Waals surface area contributed by atoms with Gasteiger partial charge in [0.2, 0.25) is 0 Å². The van der Waals surface area contributed by atoms with Crippen LogP contribution in [0.4, 0.5) is 5.82 Å². The van der Waals surface area contributed by atoms with Crippen molar-refractivity contribution >= 4 is 11.7 Å². The number of carbonyl (C=O) groups excluding carboxylic acids is 1. The molecule has 0 radical (unpaired) electrons. The molecule has 122 valence electrons. The monoisotopic (exact) mass is 314 g/mol. The lowest BCUT2D eigenvalue weighted by molar-refractivity contribution is -0.140. The smallest absolute Gasteiger partial charge is 0.250 e. The normalized spacial score (nSPS) is 18.2. The van der Waals surface area contributed by atoms with Gasteiger partial charge < -0.3 is 10.2 Å². The van der Waals surface area contributed by atoms with Crippen molar-refractivity contribution in [2.24, 2.45) is 0 Å². The Morgan fingerprint density at radius 3 is 2.96 bits per heavy atom. The number of aromatic nitrogens is 4. The first-order valence-electron chi connectivity index (χ1n) is 7.84. The van der Waals surface area contributed by atoms with Crippen molar-refractivity contribution in [1.29, 1.82) is 0 Å². The molecule has 0 spiro atoms. The first kappa shape index (κ1) is 15.5. The van der Waals surface area contributed by atoms with Crippen molar-refractivity contribution in [3.63, 3.8) is 0 Å². The van der Waals surface area contributed by atoms with Crippen LogP contribution in [0.15, 0.2) is 31.0 Å². The molecule has 7 heteroatoms. The van der Waals surface area contributed by atoms with Crippen LogP contribution >= 0.6 is 0 Å². The highest BCUT2D eigenvalue weighted by molar-refractivity contribution is 5.84. The van der Waals surface area contributed by atoms with E-state index in [2.05, 4.69) is 20.4 Å². The van der Waals surface area contributed by atoms with Crippen LogP contribution in [0.5, 0.6) is 0 Å². The van der Waals surface area contributed by atoms with E-state index >= 15 is 0 Å². The van der Waals surface area contributed by atoms with E-state index in [0.29, 0.717) is 0 Å². The number of carbonyl (C=O) groups is 1. The van der Waals surface area contributed by atoms with Crippen LogP contribution in [-0.4, -0.2) is 44.1 Å². The molecule has 3 rings (SSSR count). The highest BCUT2D eigenvalue weighted by Gasteiger charge is 2.40. The Bertz CT molecular complexity index is 682. The van der Waals surface area contributed by atoms with Gasteiger partial charge in [-0.05, 0) is 44.4 Å². The molecule has 23 heavy (non-hydrogen) atoms. The number of hydrogen-bond acceptors (Lipinski definition) is 5. The quantitative estimate of drug-likeness (QED) is 0.931. The number of nitrogens with one attached hydrogen (secondary N) is 1. The van der Waals surface area contributed by atoms with Gasteiger partial charge in [-0.3, -0.25) is 4.79 Å². The molecule has 2 aromatic rings. The first-order valence-corrected chi connectivity index (χ1v) is 7.84. The van der Waals surface area contributed by atoms with Crippen LogP contribution in [0.25, 0.3) is 0 Å². The van der Waals surface area contributed by atoms with Crippen molar-refractivity contribution < 1.29 is 4.79 Å². The molecular formula is C16H22N6O. The zero-order valence-electron chi connectivity index (χ0n) is 13.7. The van der Waals surface area contributed by atoms with E-state index in [1.807, 2.05) is 37.9 Å². The standard InChI is InChI=1S/C16H22N6O/c1-16(2,22-11-18-10-20-22)15(23)21-8-4-5-13(21)12-6-7-19-14(9-12)17-3/h6-7,9-11,13H,4-5,8H2,1-3H3,(H,17,19)/t13-/m0/s1. The number of hydrogen-bond donors (Lipinski definition) is 1. The molecule has 0 aromatic carbocycles. The zero-order chi connectivity index (χ0) is 16.4. The van der Waals surface area contributed by atoms with E-state index in [4.69, 9.17) is 0 Å². The van der Waals surface area contributed by atoms with Gasteiger partial charge in [-0.15, -0.1) is 0 Å². The third-order valence-corrected chi connectivity index (χ3v) is 4.45. The molecule has 1 saturated heterocycles. The van der Waals surface area contributed by atoms with Crippen LogP contribution in [0, 0.1) is 0 Å². The maximum atomic E-state index is 13.1. The molecule has 1 amide bonds. The average Bonchev–Trinajstić information content (AvgIpc) is 3.25. The van der Waals surface area contributed by atoms with Crippen LogP contribution in [0.3, 0.4) is 0 Å². The Kier molecular flexibility index (Phi) is 4.02. The van der Waals surface area contributed by atoms with Gasteiger partial charge in [0.25, 0.3) is 5.91 Å². The van der Waals surface area contributed by atoms with Gasteiger partial charge in [-0.25, -0.2) is 14.6 Å². The predicted octanol–water partition coefficient (Wildman–Crippen LogP) is 1.81. The molecule has 1 atom stereocenters. The summed E-state index contributed by atoms with van der Waals surface area (Å²) < 4.78 is 1.62. The Balaban J connectivity index is 1.88. The van der Waals surface area contributed by atoms with E-state index in [1.54, 1.807) is 17.2 Å². The zero-order valence-corrected chi connectivity index (χ0v) is 13.7. The summed E-state index contributed by atoms with van der Waals surface area (Å²) in [6, 6.07) is 4.08. The van der Waals surface area contributed by atoms with Crippen molar-refractivity contribution in [2.75, 3.05) is 18.9 Å². The third-order valence-electron chi connectivity index (χ3n) is 4.45. The number of nitrogens with zero attached hydrogens (tertiary/aromatic N) is 5. The molecule has 0 aliphatic carbocycles. The number of anilines is 1. The second-order valence-electron chi connectivity index (χ2n) is 6.28. The van der Waals surface area contributed by atoms with Crippen molar-refractivity contribution in [3.8, 4) is 0 Å². The average molecular weight is 314 g/mol. The summed E-state index contributed by atoms with van der Waals surface area (Å²) in [4.78, 5) is 23.3. The van der Waals surface area contributed by atoms with Gasteiger partial charge in [-0.2, -0.15) is 5.10 Å². The van der Waals surface area contributed by atoms with Gasteiger partial charge >= 0.3 is 0 Å². The lowest BCUT2D eigenvalue weighted by atomic mass is 10.0. The maximum absolute atomic E-state index is 13.1. The van der Waals surface area contributed by atoms with E-state index in [0.717, 1.165) is 30.8 Å². The SMILES string of the molecule is CNc1cc([C@@H]2CCCN2C(=O)C(C)(C)n2cncn2)ccn1. The highest BCUT2D eigenvalue weighted by Crippen LogP contribution is 2.35. The minimum atomic E-state index is -0.752. The van der Waals surface area contributed by atoms with Gasteiger partial charge in [0, 0.05) is 19.8 Å². The second kappa shape index (κ2) is 5.98. The molecule has 1 aliphatic rings. The summed E-state index contributed by atoms with van der Waals surface area (Å²) in [7, 11) is 1.84. The summed E-state index contributed by atoms with van der Waals surface area (Å²) in [5, 5.41) is 7.19. The summed E-state index contributed by atoms with van der Waals surface area (Å²) >= 11 is 0. The topological polar surface area (TPSA) is 75.9 Å². The molecule has 2 aromatic heterocycles. The summed E-state index contributed by atoms with van der Waals surface area (Å²) in [6.45, 7) is 4.52. The molecule has 1 N–H and O–H groups in total. The van der Waals surface area contributed by atoms with Crippen molar-refractivity contribution in [3.05, 3.63) is 36.5 Å². The van der Waals surface area contributed by atoms with Gasteiger partial charge in [0.1, 0.15) is 24.0 Å². The number of amides is 1. The lowest BCUT2D eigenvalue weighted by Crippen LogP contribution is -2.47. The largest absolute Gasteiger partial charge is 0.373 e. The Hall–Kier alpha value is -2.44. The van der Waals surface area contributed by atoms with E-state index in [-0.39, 0.29) is 11.9 Å². The fourth-order valence-electron chi connectivity index (χ4n) is 3.09. The summed E-state index contributed by atoms with van der Waals surface area (Å²) in [6.07, 6.45) is 6.80. The first-order chi connectivity index (χ1) is 11.0. The van der Waals surface area contributed by atoms with Crippen LogP contribution < -0.4 is 5.32 Å². The predicted molar refractivity (Wildman–Crippen MR) is 86.8 cm³/mol. The molecule has 0 bridgehead atoms. The van der Waals surface area contributed by atoms with E-state index in [1.165, 1.54) is 6.33 Å². The Labute approximate surface area is 135 Å². The lowest BCUT2D eigenvalue weighted by Gasteiger charge is -2.33. The number of likely N-dealkylation sites (tertiary alicyclic amines) is 1. The highest BCUT2D eigenvalue weighted by atomic mass is 16.2. The molecule has 7 nitrogen and oxygen atoms in total. The molecule has 1 aliphatic heterocycles. The summed E-state index contributed by atoms with van der Waals surface area (Å²) in [5.74, 6) is 0.880. The van der Waals surface area contributed by atoms with Crippen molar-refractivity contribution in [1.82, 2.24) is 24.6 Å². The number of rotatable bonds is 4. The van der Waals surface area contributed by atoms with Crippen LogP contribution in [-0.2, 0) is 10.3 Å². The minimum absolute atomic E-state index is 0.0633. The van der Waals surface area contributed by atoms with E-state index in [9.17, 15) is 4.79 Å². The van der Waals surface area contributed by atoms with Crippen molar-refractivity contribution in [2.45, 2.75) is 38.3 Å². The molecular weight excluding hydrogens is 292 g/mol. The number of pyridine rings is 1.